The largest absolute Gasteiger partial charge is 0.465 e. The van der Waals surface area contributed by atoms with E-state index in [4.69, 9.17) is 0 Å². The molecule has 1 aromatic carbocycles. The van der Waals surface area contributed by atoms with E-state index < -0.39 is 0 Å². The van der Waals surface area contributed by atoms with Crippen LogP contribution in [-0.2, 0) is 4.74 Å². The third-order valence-electron chi connectivity index (χ3n) is 4.04. The summed E-state index contributed by atoms with van der Waals surface area (Å²) in [5, 5.41) is 3.46. The van der Waals surface area contributed by atoms with Crippen molar-refractivity contribution >= 4 is 11.7 Å². The minimum Gasteiger partial charge on any atom is -0.465 e. The molecule has 2 rings (SSSR count). The molecule has 104 valence electrons. The molecule has 0 atom stereocenters. The first-order chi connectivity index (χ1) is 9.19. The molecule has 3 nitrogen and oxygen atoms in total. The third kappa shape index (κ3) is 3.98. The van der Waals surface area contributed by atoms with Gasteiger partial charge in [-0.15, -0.1) is 0 Å². The van der Waals surface area contributed by atoms with Crippen molar-refractivity contribution in [1.29, 1.82) is 0 Å². The van der Waals surface area contributed by atoms with Crippen molar-refractivity contribution in [2.75, 3.05) is 19.0 Å². The SMILES string of the molecule is COC(=O)c1ccc(NCC2CCC(C)CC2)cc1. The number of benzene rings is 1. The number of rotatable bonds is 4. The van der Waals surface area contributed by atoms with Crippen LogP contribution in [0.4, 0.5) is 5.69 Å². The maximum absolute atomic E-state index is 11.3. The van der Waals surface area contributed by atoms with Crippen LogP contribution >= 0.6 is 0 Å². The summed E-state index contributed by atoms with van der Waals surface area (Å²) in [4.78, 5) is 11.3. The summed E-state index contributed by atoms with van der Waals surface area (Å²) in [6, 6.07) is 7.49. The van der Waals surface area contributed by atoms with Crippen LogP contribution in [0.1, 0.15) is 43.0 Å². The molecule has 3 heteroatoms. The van der Waals surface area contributed by atoms with Gasteiger partial charge >= 0.3 is 5.97 Å². The van der Waals surface area contributed by atoms with Crippen molar-refractivity contribution in [1.82, 2.24) is 0 Å². The zero-order valence-corrected chi connectivity index (χ0v) is 11.8. The first-order valence-corrected chi connectivity index (χ1v) is 7.11. The minimum atomic E-state index is -0.284. The number of anilines is 1. The van der Waals surface area contributed by atoms with Gasteiger partial charge in [-0.2, -0.15) is 0 Å². The van der Waals surface area contributed by atoms with Crippen LogP contribution in [0.2, 0.25) is 0 Å². The zero-order chi connectivity index (χ0) is 13.7. The predicted molar refractivity (Wildman–Crippen MR) is 77.4 cm³/mol. The Hall–Kier alpha value is -1.51. The van der Waals surface area contributed by atoms with Crippen molar-refractivity contribution in [3.05, 3.63) is 29.8 Å². The van der Waals surface area contributed by atoms with Crippen molar-refractivity contribution in [2.45, 2.75) is 32.6 Å². The van der Waals surface area contributed by atoms with E-state index in [-0.39, 0.29) is 5.97 Å². The Morgan fingerprint density at radius 1 is 1.21 bits per heavy atom. The summed E-state index contributed by atoms with van der Waals surface area (Å²) in [5.41, 5.74) is 1.67. The molecule has 1 fully saturated rings. The average Bonchev–Trinajstić information content (AvgIpc) is 2.46. The number of methoxy groups -OCH3 is 1. The normalized spacial score (nSPS) is 22.8. The van der Waals surface area contributed by atoms with Gasteiger partial charge in [0.25, 0.3) is 0 Å². The lowest BCUT2D eigenvalue weighted by Crippen LogP contribution is -2.20. The standard InChI is InChI=1S/C16H23NO2/c1-12-3-5-13(6-4-12)11-17-15-9-7-14(8-10-15)16(18)19-2/h7-10,12-13,17H,3-6,11H2,1-2H3. The smallest absolute Gasteiger partial charge is 0.337 e. The summed E-state index contributed by atoms with van der Waals surface area (Å²) < 4.78 is 4.68. The second-order valence-corrected chi connectivity index (χ2v) is 5.58. The Kier molecular flexibility index (Phi) is 4.83. The number of hydrogen-bond acceptors (Lipinski definition) is 3. The fraction of sp³-hybridized carbons (Fsp3) is 0.562. The second-order valence-electron chi connectivity index (χ2n) is 5.58. The van der Waals surface area contributed by atoms with E-state index in [0.717, 1.165) is 24.1 Å². The highest BCUT2D eigenvalue weighted by Crippen LogP contribution is 2.28. The maximum atomic E-state index is 11.3. The summed E-state index contributed by atoms with van der Waals surface area (Å²) in [6.07, 6.45) is 5.37. The molecule has 0 aliphatic heterocycles. The first kappa shape index (κ1) is 13.9. The molecule has 1 aromatic rings. The highest BCUT2D eigenvalue weighted by Gasteiger charge is 2.17. The van der Waals surface area contributed by atoms with Gasteiger partial charge in [0.2, 0.25) is 0 Å². The summed E-state index contributed by atoms with van der Waals surface area (Å²) >= 11 is 0. The number of esters is 1. The van der Waals surface area contributed by atoms with Crippen LogP contribution in [0.25, 0.3) is 0 Å². The van der Waals surface area contributed by atoms with Crippen molar-refractivity contribution in [2.24, 2.45) is 11.8 Å². The van der Waals surface area contributed by atoms with Crippen LogP contribution in [0, 0.1) is 11.8 Å². The molecule has 0 amide bonds. The van der Waals surface area contributed by atoms with E-state index in [2.05, 4.69) is 17.0 Å². The number of hydrogen-bond donors (Lipinski definition) is 1. The minimum absolute atomic E-state index is 0.284. The molecule has 1 aliphatic rings. The number of nitrogens with one attached hydrogen (secondary N) is 1. The molecule has 1 N–H and O–H groups in total. The first-order valence-electron chi connectivity index (χ1n) is 7.11. The summed E-state index contributed by atoms with van der Waals surface area (Å²) in [7, 11) is 1.40. The molecule has 1 saturated carbocycles. The van der Waals surface area contributed by atoms with Gasteiger partial charge in [0, 0.05) is 12.2 Å². The van der Waals surface area contributed by atoms with Gasteiger partial charge in [-0.05, 0) is 48.9 Å². The van der Waals surface area contributed by atoms with Gasteiger partial charge in [0.1, 0.15) is 0 Å². The fourth-order valence-electron chi connectivity index (χ4n) is 2.64. The van der Waals surface area contributed by atoms with E-state index in [0.29, 0.717) is 5.56 Å². The van der Waals surface area contributed by atoms with Gasteiger partial charge in [0.15, 0.2) is 0 Å². The highest BCUT2D eigenvalue weighted by molar-refractivity contribution is 5.89. The third-order valence-corrected chi connectivity index (χ3v) is 4.04. The molecule has 0 aromatic heterocycles. The lowest BCUT2D eigenvalue weighted by molar-refractivity contribution is 0.0601. The lowest BCUT2D eigenvalue weighted by Gasteiger charge is -2.26. The van der Waals surface area contributed by atoms with Crippen LogP contribution in [0.15, 0.2) is 24.3 Å². The summed E-state index contributed by atoms with van der Waals surface area (Å²) in [6.45, 7) is 3.37. The van der Waals surface area contributed by atoms with E-state index in [1.54, 1.807) is 12.1 Å². The molecular weight excluding hydrogens is 238 g/mol. The number of ether oxygens (including phenoxy) is 1. The Labute approximate surface area is 115 Å². The molecule has 0 spiro atoms. The molecule has 0 bridgehead atoms. The van der Waals surface area contributed by atoms with E-state index >= 15 is 0 Å². The molecular formula is C16H23NO2. The van der Waals surface area contributed by atoms with Crippen LogP contribution < -0.4 is 5.32 Å². The second kappa shape index (κ2) is 6.60. The molecule has 0 heterocycles. The molecule has 0 saturated heterocycles. The summed E-state index contributed by atoms with van der Waals surface area (Å²) in [5.74, 6) is 1.40. The molecule has 19 heavy (non-hydrogen) atoms. The van der Waals surface area contributed by atoms with Crippen LogP contribution in [0.5, 0.6) is 0 Å². The monoisotopic (exact) mass is 261 g/mol. The Balaban J connectivity index is 1.81. The molecule has 1 aliphatic carbocycles. The molecule has 0 radical (unpaired) electrons. The topological polar surface area (TPSA) is 38.3 Å². The van der Waals surface area contributed by atoms with Crippen molar-refractivity contribution < 1.29 is 9.53 Å². The zero-order valence-electron chi connectivity index (χ0n) is 11.8. The fourth-order valence-corrected chi connectivity index (χ4v) is 2.64. The lowest BCUT2D eigenvalue weighted by atomic mass is 9.83. The maximum Gasteiger partial charge on any atom is 0.337 e. The van der Waals surface area contributed by atoms with Gasteiger partial charge in [-0.25, -0.2) is 4.79 Å². The number of carbonyl (C=O) groups is 1. The molecule has 0 unspecified atom stereocenters. The van der Waals surface area contributed by atoms with Gasteiger partial charge < -0.3 is 10.1 Å². The predicted octanol–water partition coefficient (Wildman–Crippen LogP) is 3.71. The quantitative estimate of drug-likeness (QED) is 0.840. The Morgan fingerprint density at radius 3 is 2.42 bits per heavy atom. The number of carbonyl (C=O) groups excluding carboxylic acids is 1. The van der Waals surface area contributed by atoms with Crippen LogP contribution in [0.3, 0.4) is 0 Å². The highest BCUT2D eigenvalue weighted by atomic mass is 16.5. The van der Waals surface area contributed by atoms with Crippen LogP contribution in [-0.4, -0.2) is 19.6 Å². The van der Waals surface area contributed by atoms with E-state index in [9.17, 15) is 4.79 Å². The van der Waals surface area contributed by atoms with Gasteiger partial charge in [-0.1, -0.05) is 19.8 Å². The Bertz CT molecular complexity index is 405. The van der Waals surface area contributed by atoms with Crippen molar-refractivity contribution in [3.8, 4) is 0 Å². The van der Waals surface area contributed by atoms with Gasteiger partial charge in [-0.3, -0.25) is 0 Å². The van der Waals surface area contributed by atoms with E-state index in [1.807, 2.05) is 12.1 Å². The van der Waals surface area contributed by atoms with Gasteiger partial charge in [0.05, 0.1) is 12.7 Å². The van der Waals surface area contributed by atoms with E-state index in [1.165, 1.54) is 32.8 Å². The average molecular weight is 261 g/mol. The Morgan fingerprint density at radius 2 is 1.84 bits per heavy atom. The van der Waals surface area contributed by atoms with Crippen molar-refractivity contribution in [3.63, 3.8) is 0 Å².